The molecule has 100 valence electrons. The molecule has 0 spiro atoms. The average molecular weight is 267 g/mol. The normalized spacial score (nSPS) is 9.75. The maximum absolute atomic E-state index is 11.8. The Morgan fingerprint density at radius 2 is 2.00 bits per heavy atom. The lowest BCUT2D eigenvalue weighted by Crippen LogP contribution is -2.10. The number of rotatable bonds is 4. The van der Waals surface area contributed by atoms with Crippen LogP contribution >= 0.6 is 0 Å². The minimum atomic E-state index is -0.393. The van der Waals surface area contributed by atoms with Crippen LogP contribution in [0.5, 0.6) is 0 Å². The molecule has 2 aromatic rings. The number of nitrogen functional groups attached to an aromatic ring is 1. The van der Waals surface area contributed by atoms with Crippen molar-refractivity contribution >= 4 is 11.7 Å². The minimum absolute atomic E-state index is 0.0301. The van der Waals surface area contributed by atoms with Gasteiger partial charge < -0.3 is 10.5 Å². The number of nitrogens with zero attached hydrogens (tertiary/aromatic N) is 2. The molecule has 0 saturated carbocycles. The van der Waals surface area contributed by atoms with Crippen LogP contribution in [0.15, 0.2) is 42.6 Å². The summed E-state index contributed by atoms with van der Waals surface area (Å²) in [5, 5.41) is 8.89. The van der Waals surface area contributed by atoms with Crippen LogP contribution in [0.4, 0.5) is 5.69 Å². The Labute approximate surface area is 116 Å². The second-order valence-corrected chi connectivity index (χ2v) is 4.16. The van der Waals surface area contributed by atoms with Crippen LogP contribution < -0.4 is 5.73 Å². The van der Waals surface area contributed by atoms with E-state index in [2.05, 4.69) is 4.98 Å². The third-order valence-electron chi connectivity index (χ3n) is 2.78. The Morgan fingerprint density at radius 3 is 2.75 bits per heavy atom. The van der Waals surface area contributed by atoms with Crippen molar-refractivity contribution in [2.75, 3.05) is 5.73 Å². The summed E-state index contributed by atoms with van der Waals surface area (Å²) in [6.07, 6.45) is 1.63. The Hall–Kier alpha value is -2.87. The average Bonchev–Trinajstić information content (AvgIpc) is 2.48. The Kier molecular flexibility index (Phi) is 4.30. The number of carbonyl (C=O) groups is 1. The SMILES string of the molecule is N#Cc1ncccc1COC(=O)Cc1ccccc1N. The lowest BCUT2D eigenvalue weighted by Gasteiger charge is -2.07. The predicted molar refractivity (Wildman–Crippen MR) is 73.3 cm³/mol. The molecule has 0 aliphatic heterocycles. The molecule has 5 nitrogen and oxygen atoms in total. The summed E-state index contributed by atoms with van der Waals surface area (Å²) in [6, 6.07) is 12.5. The highest BCUT2D eigenvalue weighted by molar-refractivity contribution is 5.74. The summed E-state index contributed by atoms with van der Waals surface area (Å²) in [7, 11) is 0. The molecule has 0 aliphatic rings. The molecular formula is C15H13N3O2. The number of esters is 1. The van der Waals surface area contributed by atoms with Gasteiger partial charge in [0.2, 0.25) is 0 Å². The molecule has 2 N–H and O–H groups in total. The van der Waals surface area contributed by atoms with Crippen LogP contribution in [0.3, 0.4) is 0 Å². The Balaban J connectivity index is 1.96. The number of hydrogen-bond donors (Lipinski definition) is 1. The molecule has 0 unspecified atom stereocenters. The topological polar surface area (TPSA) is 89.0 Å². The van der Waals surface area contributed by atoms with Crippen LogP contribution in [0.25, 0.3) is 0 Å². The number of ether oxygens (including phenoxy) is 1. The van der Waals surface area contributed by atoms with Gasteiger partial charge in [-0.3, -0.25) is 4.79 Å². The summed E-state index contributed by atoms with van der Waals surface area (Å²) in [5.41, 5.74) is 7.90. The first kappa shape index (κ1) is 13.6. The lowest BCUT2D eigenvalue weighted by atomic mass is 10.1. The first-order chi connectivity index (χ1) is 9.70. The number of anilines is 1. The zero-order chi connectivity index (χ0) is 14.4. The largest absolute Gasteiger partial charge is 0.460 e. The molecule has 1 heterocycles. The van der Waals surface area contributed by atoms with E-state index >= 15 is 0 Å². The Bertz CT molecular complexity index is 662. The van der Waals surface area contributed by atoms with Crippen LogP contribution in [-0.2, 0) is 22.6 Å². The van der Waals surface area contributed by atoms with Crippen LogP contribution in [0.1, 0.15) is 16.8 Å². The summed E-state index contributed by atoms with van der Waals surface area (Å²) in [4.78, 5) is 15.7. The van der Waals surface area contributed by atoms with Gasteiger partial charge >= 0.3 is 5.97 Å². The van der Waals surface area contributed by atoms with Gasteiger partial charge in [0.15, 0.2) is 0 Å². The highest BCUT2D eigenvalue weighted by atomic mass is 16.5. The van der Waals surface area contributed by atoms with E-state index in [9.17, 15) is 4.79 Å². The first-order valence-electron chi connectivity index (χ1n) is 6.03. The maximum Gasteiger partial charge on any atom is 0.310 e. The van der Waals surface area contributed by atoms with Gasteiger partial charge in [0.25, 0.3) is 0 Å². The number of benzene rings is 1. The third-order valence-corrected chi connectivity index (χ3v) is 2.78. The van der Waals surface area contributed by atoms with Crippen LogP contribution in [0.2, 0.25) is 0 Å². The third kappa shape index (κ3) is 3.33. The molecule has 20 heavy (non-hydrogen) atoms. The van der Waals surface area contributed by atoms with Crippen LogP contribution in [0, 0.1) is 11.3 Å². The fourth-order valence-corrected chi connectivity index (χ4v) is 1.72. The van der Waals surface area contributed by atoms with E-state index in [-0.39, 0.29) is 18.7 Å². The van der Waals surface area contributed by atoms with Crippen LogP contribution in [-0.4, -0.2) is 11.0 Å². The van der Waals surface area contributed by atoms with E-state index in [1.807, 2.05) is 12.1 Å². The number of nitrogens with two attached hydrogens (primary N) is 1. The van der Waals surface area contributed by atoms with Gasteiger partial charge in [0.05, 0.1) is 6.42 Å². The van der Waals surface area contributed by atoms with E-state index in [0.717, 1.165) is 5.56 Å². The second-order valence-electron chi connectivity index (χ2n) is 4.16. The molecule has 0 fully saturated rings. The van der Waals surface area contributed by atoms with Crippen molar-refractivity contribution < 1.29 is 9.53 Å². The van der Waals surface area contributed by atoms with Crippen molar-refractivity contribution in [3.05, 3.63) is 59.4 Å². The second kappa shape index (κ2) is 6.34. The van der Waals surface area contributed by atoms with Gasteiger partial charge in [-0.05, 0) is 17.7 Å². The first-order valence-corrected chi connectivity index (χ1v) is 6.03. The zero-order valence-electron chi connectivity index (χ0n) is 10.7. The molecule has 5 heteroatoms. The fourth-order valence-electron chi connectivity index (χ4n) is 1.72. The van der Waals surface area contributed by atoms with Crippen molar-refractivity contribution in [2.45, 2.75) is 13.0 Å². The number of aromatic nitrogens is 1. The van der Waals surface area contributed by atoms with Crippen molar-refractivity contribution in [2.24, 2.45) is 0 Å². The van der Waals surface area contributed by atoms with E-state index < -0.39 is 5.97 Å². The highest BCUT2D eigenvalue weighted by Gasteiger charge is 2.09. The van der Waals surface area contributed by atoms with E-state index in [4.69, 9.17) is 15.7 Å². The number of para-hydroxylation sites is 1. The molecule has 0 atom stereocenters. The summed E-state index contributed by atoms with van der Waals surface area (Å²) in [6.45, 7) is 0.0301. The van der Waals surface area contributed by atoms with Crippen molar-refractivity contribution in [3.63, 3.8) is 0 Å². The quantitative estimate of drug-likeness (QED) is 0.674. The van der Waals surface area contributed by atoms with Crippen molar-refractivity contribution in [3.8, 4) is 6.07 Å². The molecule has 1 aromatic carbocycles. The number of nitriles is 1. The fraction of sp³-hybridized carbons (Fsp3) is 0.133. The zero-order valence-corrected chi connectivity index (χ0v) is 10.7. The molecule has 1 aromatic heterocycles. The monoisotopic (exact) mass is 267 g/mol. The van der Waals surface area contributed by atoms with Gasteiger partial charge in [-0.15, -0.1) is 0 Å². The molecule has 0 amide bonds. The maximum atomic E-state index is 11.8. The summed E-state index contributed by atoms with van der Waals surface area (Å²) < 4.78 is 5.14. The van der Waals surface area contributed by atoms with Gasteiger partial charge in [-0.1, -0.05) is 24.3 Å². The van der Waals surface area contributed by atoms with E-state index in [0.29, 0.717) is 11.3 Å². The minimum Gasteiger partial charge on any atom is -0.460 e. The summed E-state index contributed by atoms with van der Waals surface area (Å²) >= 11 is 0. The number of carbonyl (C=O) groups excluding carboxylic acids is 1. The number of pyridine rings is 1. The molecular weight excluding hydrogens is 254 g/mol. The van der Waals surface area contributed by atoms with Gasteiger partial charge in [0, 0.05) is 17.4 Å². The molecule has 0 aliphatic carbocycles. The summed E-state index contributed by atoms with van der Waals surface area (Å²) in [5.74, 6) is -0.393. The number of hydrogen-bond acceptors (Lipinski definition) is 5. The molecule has 0 radical (unpaired) electrons. The van der Waals surface area contributed by atoms with Crippen molar-refractivity contribution in [1.82, 2.24) is 4.98 Å². The molecule has 0 saturated heterocycles. The van der Waals surface area contributed by atoms with Gasteiger partial charge in [-0.2, -0.15) is 5.26 Å². The van der Waals surface area contributed by atoms with E-state index in [1.165, 1.54) is 6.20 Å². The Morgan fingerprint density at radius 1 is 1.25 bits per heavy atom. The van der Waals surface area contributed by atoms with Crippen molar-refractivity contribution in [1.29, 1.82) is 5.26 Å². The smallest absolute Gasteiger partial charge is 0.310 e. The standard InChI is InChI=1S/C15H13N3O2/c16-9-14-12(5-3-7-18-14)10-20-15(19)8-11-4-1-2-6-13(11)17/h1-7H,8,10,17H2. The highest BCUT2D eigenvalue weighted by Crippen LogP contribution is 2.12. The predicted octanol–water partition coefficient (Wildman–Crippen LogP) is 1.82. The molecule has 0 bridgehead atoms. The van der Waals surface area contributed by atoms with Gasteiger partial charge in [0.1, 0.15) is 18.4 Å². The van der Waals surface area contributed by atoms with Gasteiger partial charge in [-0.25, -0.2) is 4.98 Å². The molecule has 2 rings (SSSR count). The lowest BCUT2D eigenvalue weighted by molar-refractivity contribution is -0.144. The van der Waals surface area contributed by atoms with E-state index in [1.54, 1.807) is 30.3 Å².